The highest BCUT2D eigenvalue weighted by Crippen LogP contribution is 2.38. The van der Waals surface area contributed by atoms with Crippen LogP contribution in [-0.2, 0) is 0 Å². The Balaban J connectivity index is 1.21. The first-order valence-electron chi connectivity index (χ1n) is 18.1. The summed E-state index contributed by atoms with van der Waals surface area (Å²) in [4.78, 5) is 4.57. The maximum Gasteiger partial charge on any atom is 0.119 e. The minimum atomic E-state index is 0.754. The number of hydrogen-bond acceptors (Lipinski definition) is 4. The molecule has 0 amide bonds. The molecule has 50 heavy (non-hydrogen) atoms. The summed E-state index contributed by atoms with van der Waals surface area (Å²) >= 11 is 0. The predicted octanol–water partition coefficient (Wildman–Crippen LogP) is 13.4. The number of unbranched alkanes of at least 4 members (excludes halogenated alkanes) is 4. The van der Waals surface area contributed by atoms with Crippen LogP contribution in [0.2, 0.25) is 0 Å². The number of anilines is 6. The van der Waals surface area contributed by atoms with Crippen LogP contribution in [0.1, 0.15) is 52.4 Å². The van der Waals surface area contributed by atoms with Crippen LogP contribution in [0.5, 0.6) is 11.5 Å². The second-order valence-corrected chi connectivity index (χ2v) is 12.5. The molecule has 6 rings (SSSR count). The Bertz CT molecular complexity index is 1700. The van der Waals surface area contributed by atoms with Gasteiger partial charge in [-0.1, -0.05) is 100 Å². The second-order valence-electron chi connectivity index (χ2n) is 12.5. The van der Waals surface area contributed by atoms with Crippen molar-refractivity contribution in [1.29, 1.82) is 0 Å². The fraction of sp³-hybridized carbons (Fsp3) is 0.217. The van der Waals surface area contributed by atoms with E-state index in [-0.39, 0.29) is 0 Å². The van der Waals surface area contributed by atoms with Gasteiger partial charge in [0.1, 0.15) is 11.5 Å². The number of ether oxygens (including phenoxy) is 2. The average Bonchev–Trinajstić information content (AvgIpc) is 3.18. The molecule has 0 saturated heterocycles. The molecule has 0 bridgehead atoms. The molecule has 4 nitrogen and oxygen atoms in total. The molecule has 0 N–H and O–H groups in total. The first kappa shape index (κ1) is 34.4. The van der Waals surface area contributed by atoms with Crippen LogP contribution in [0.4, 0.5) is 34.1 Å². The maximum atomic E-state index is 5.99. The van der Waals surface area contributed by atoms with Gasteiger partial charge in [-0.2, -0.15) is 0 Å². The minimum absolute atomic E-state index is 0.754. The van der Waals surface area contributed by atoms with E-state index in [1.165, 1.54) is 36.8 Å². The molecule has 6 aromatic rings. The molecule has 0 spiro atoms. The molecule has 0 atom stereocenters. The van der Waals surface area contributed by atoms with Gasteiger partial charge < -0.3 is 19.3 Å². The van der Waals surface area contributed by atoms with Crippen molar-refractivity contribution in [2.75, 3.05) is 23.0 Å². The standard InChI is InChI=1S/C46H48N2O2/c1-3-5-13-35-49-45-31-27-43(28-32-45)47(39-15-9-7-10-16-39)41-23-19-37(20-24-41)38-21-25-42(26-22-38)48(40-17-11-8-12-18-40)44-29-33-46(34-30-44)50-36-14-6-4-2/h7-12,15-34H,3-6,13-14,35-36H2,1-2H3. The average molecular weight is 661 g/mol. The zero-order chi connectivity index (χ0) is 34.4. The lowest BCUT2D eigenvalue weighted by Gasteiger charge is -2.26. The molecule has 0 aromatic heterocycles. The topological polar surface area (TPSA) is 24.9 Å². The van der Waals surface area contributed by atoms with Gasteiger partial charge in [-0.15, -0.1) is 0 Å². The van der Waals surface area contributed by atoms with E-state index in [9.17, 15) is 0 Å². The molecule has 0 aliphatic carbocycles. The van der Waals surface area contributed by atoms with Gasteiger partial charge in [-0.25, -0.2) is 0 Å². The summed E-state index contributed by atoms with van der Waals surface area (Å²) in [5, 5.41) is 0. The third kappa shape index (κ3) is 8.95. The Morgan fingerprint density at radius 3 is 0.960 bits per heavy atom. The largest absolute Gasteiger partial charge is 0.494 e. The van der Waals surface area contributed by atoms with Crippen molar-refractivity contribution in [3.63, 3.8) is 0 Å². The molecular formula is C46H48N2O2. The van der Waals surface area contributed by atoms with Crippen molar-refractivity contribution in [2.24, 2.45) is 0 Å². The van der Waals surface area contributed by atoms with E-state index in [1.807, 2.05) is 0 Å². The van der Waals surface area contributed by atoms with Crippen LogP contribution >= 0.6 is 0 Å². The summed E-state index contributed by atoms with van der Waals surface area (Å²) in [5.74, 6) is 1.82. The van der Waals surface area contributed by atoms with Gasteiger partial charge in [-0.3, -0.25) is 0 Å². The first-order valence-corrected chi connectivity index (χ1v) is 18.1. The van der Waals surface area contributed by atoms with Gasteiger partial charge in [0.15, 0.2) is 0 Å². The molecule has 0 fully saturated rings. The zero-order valence-corrected chi connectivity index (χ0v) is 29.4. The van der Waals surface area contributed by atoms with Crippen molar-refractivity contribution in [3.05, 3.63) is 158 Å². The van der Waals surface area contributed by atoms with Gasteiger partial charge in [0.2, 0.25) is 0 Å². The maximum absolute atomic E-state index is 5.99. The van der Waals surface area contributed by atoms with Crippen LogP contribution in [0.3, 0.4) is 0 Å². The predicted molar refractivity (Wildman–Crippen MR) is 211 cm³/mol. The van der Waals surface area contributed by atoms with Crippen molar-refractivity contribution in [1.82, 2.24) is 0 Å². The van der Waals surface area contributed by atoms with E-state index in [1.54, 1.807) is 0 Å². The van der Waals surface area contributed by atoms with Crippen LogP contribution in [-0.4, -0.2) is 13.2 Å². The highest BCUT2D eigenvalue weighted by atomic mass is 16.5. The molecule has 0 saturated carbocycles. The Hall–Kier alpha value is -5.48. The summed E-state index contributed by atoms with van der Waals surface area (Å²) in [6.45, 7) is 5.93. The zero-order valence-electron chi connectivity index (χ0n) is 29.4. The number of rotatable bonds is 17. The molecule has 6 aromatic carbocycles. The molecular weight excluding hydrogens is 613 g/mol. The van der Waals surface area contributed by atoms with Gasteiger partial charge in [0.05, 0.1) is 13.2 Å². The Morgan fingerprint density at radius 2 is 0.640 bits per heavy atom. The number of benzene rings is 6. The summed E-state index contributed by atoms with van der Waals surface area (Å²) in [5.41, 5.74) is 8.93. The summed E-state index contributed by atoms with van der Waals surface area (Å²) < 4.78 is 12.0. The van der Waals surface area contributed by atoms with E-state index in [4.69, 9.17) is 9.47 Å². The highest BCUT2D eigenvalue weighted by molar-refractivity contribution is 5.80. The first-order chi connectivity index (χ1) is 24.7. The van der Waals surface area contributed by atoms with Crippen molar-refractivity contribution < 1.29 is 9.47 Å². The van der Waals surface area contributed by atoms with E-state index < -0.39 is 0 Å². The summed E-state index contributed by atoms with van der Waals surface area (Å²) in [6.07, 6.45) is 6.92. The Kier molecular flexibility index (Phi) is 12.2. The molecule has 254 valence electrons. The number of hydrogen-bond donors (Lipinski definition) is 0. The van der Waals surface area contributed by atoms with Crippen molar-refractivity contribution in [3.8, 4) is 22.6 Å². The summed E-state index contributed by atoms with van der Waals surface area (Å²) in [7, 11) is 0. The van der Waals surface area contributed by atoms with Crippen LogP contribution in [0.25, 0.3) is 11.1 Å². The lowest BCUT2D eigenvalue weighted by Crippen LogP contribution is -2.10. The summed E-state index contributed by atoms with van der Waals surface area (Å²) in [6, 6.07) is 55.5. The highest BCUT2D eigenvalue weighted by Gasteiger charge is 2.15. The molecule has 0 aliphatic heterocycles. The van der Waals surface area contributed by atoms with Crippen molar-refractivity contribution >= 4 is 34.1 Å². The molecule has 0 aliphatic rings. The van der Waals surface area contributed by atoms with Crippen LogP contribution < -0.4 is 19.3 Å². The Labute approximate surface area is 298 Å². The third-order valence-electron chi connectivity index (χ3n) is 8.84. The van der Waals surface area contributed by atoms with Gasteiger partial charge in [-0.05, 0) is 121 Å². The molecule has 4 heteroatoms. The van der Waals surface area contributed by atoms with Gasteiger partial charge in [0, 0.05) is 34.1 Å². The van der Waals surface area contributed by atoms with E-state index >= 15 is 0 Å². The second kappa shape index (κ2) is 17.8. The van der Waals surface area contributed by atoms with Gasteiger partial charge in [0.25, 0.3) is 0 Å². The fourth-order valence-corrected chi connectivity index (χ4v) is 6.12. The van der Waals surface area contributed by atoms with E-state index in [0.717, 1.165) is 71.7 Å². The number of nitrogens with zero attached hydrogens (tertiary/aromatic N) is 2. The minimum Gasteiger partial charge on any atom is -0.494 e. The quantitative estimate of drug-likeness (QED) is 0.0909. The number of para-hydroxylation sites is 2. The van der Waals surface area contributed by atoms with E-state index in [2.05, 4.69) is 181 Å². The normalized spacial score (nSPS) is 10.8. The van der Waals surface area contributed by atoms with Crippen molar-refractivity contribution in [2.45, 2.75) is 52.4 Å². The lowest BCUT2D eigenvalue weighted by molar-refractivity contribution is 0.306. The van der Waals surface area contributed by atoms with E-state index in [0.29, 0.717) is 0 Å². The monoisotopic (exact) mass is 660 g/mol. The molecule has 0 radical (unpaired) electrons. The smallest absolute Gasteiger partial charge is 0.119 e. The van der Waals surface area contributed by atoms with Gasteiger partial charge >= 0.3 is 0 Å². The molecule has 0 heterocycles. The SMILES string of the molecule is CCCCCOc1ccc(N(c2ccccc2)c2ccc(-c3ccc(N(c4ccccc4)c4ccc(OCCCCC)cc4)cc3)cc2)cc1. The van der Waals surface area contributed by atoms with Crippen LogP contribution in [0.15, 0.2) is 158 Å². The molecule has 0 unspecified atom stereocenters. The van der Waals surface area contributed by atoms with Crippen LogP contribution in [0, 0.1) is 0 Å². The lowest BCUT2D eigenvalue weighted by atomic mass is 10.0. The Morgan fingerprint density at radius 1 is 0.340 bits per heavy atom. The third-order valence-corrected chi connectivity index (χ3v) is 8.84. The fourth-order valence-electron chi connectivity index (χ4n) is 6.12.